The molecule has 1 aromatic carbocycles. The molecule has 4 heteroatoms. The first-order chi connectivity index (χ1) is 9.61. The third kappa shape index (κ3) is 4.05. The molecule has 0 aliphatic carbocycles. The molecule has 1 amide bonds. The maximum atomic E-state index is 12.4. The quantitative estimate of drug-likeness (QED) is 0.674. The summed E-state index contributed by atoms with van der Waals surface area (Å²) < 4.78 is 0. The van der Waals surface area contributed by atoms with Gasteiger partial charge in [-0.25, -0.2) is 0 Å². The molecule has 112 valence electrons. The molecule has 1 atom stereocenters. The lowest BCUT2D eigenvalue weighted by Crippen LogP contribution is -2.50. The smallest absolute Gasteiger partial charge is 0.227 e. The summed E-state index contributed by atoms with van der Waals surface area (Å²) in [7, 11) is 0. The maximum Gasteiger partial charge on any atom is 0.227 e. The summed E-state index contributed by atoms with van der Waals surface area (Å²) in [4.78, 5) is 12.4. The Morgan fingerprint density at radius 2 is 1.90 bits per heavy atom. The van der Waals surface area contributed by atoms with Gasteiger partial charge in [0.25, 0.3) is 0 Å². The number of aliphatic hydroxyl groups excluding tert-OH is 1. The van der Waals surface area contributed by atoms with Crippen LogP contribution in [0.4, 0.5) is 0 Å². The van der Waals surface area contributed by atoms with E-state index < -0.39 is 5.41 Å². The minimum Gasteiger partial charge on any atom is -0.394 e. The largest absolute Gasteiger partial charge is 0.394 e. The molecule has 0 aliphatic rings. The van der Waals surface area contributed by atoms with Crippen LogP contribution < -0.4 is 11.1 Å². The Hall–Kier alpha value is -1.39. The lowest BCUT2D eigenvalue weighted by Gasteiger charge is -2.30. The van der Waals surface area contributed by atoms with E-state index >= 15 is 0 Å². The average Bonchev–Trinajstić information content (AvgIpc) is 2.50. The Morgan fingerprint density at radius 3 is 2.35 bits per heavy atom. The molecule has 1 rings (SSSR count). The molecule has 4 nitrogen and oxygen atoms in total. The second-order valence-electron chi connectivity index (χ2n) is 5.23. The van der Waals surface area contributed by atoms with Gasteiger partial charge in [-0.2, -0.15) is 0 Å². The van der Waals surface area contributed by atoms with Gasteiger partial charge in [0.15, 0.2) is 0 Å². The number of carbonyl (C=O) groups is 1. The highest BCUT2D eigenvalue weighted by molar-refractivity contribution is 5.83. The van der Waals surface area contributed by atoms with Gasteiger partial charge in [0.2, 0.25) is 5.91 Å². The summed E-state index contributed by atoms with van der Waals surface area (Å²) in [6.45, 7) is 4.20. The first kappa shape index (κ1) is 16.7. The van der Waals surface area contributed by atoms with Gasteiger partial charge < -0.3 is 16.2 Å². The standard InChI is InChI=1S/C16H26N2O2/c1-3-16(4-2,12-17)15(20)18-14(11-19)10-13-8-6-5-7-9-13/h5-9,14,19H,3-4,10-12,17H2,1-2H3,(H,18,20)/t14-/m0/s1. The first-order valence-corrected chi connectivity index (χ1v) is 7.27. The van der Waals surface area contributed by atoms with Crippen molar-refractivity contribution < 1.29 is 9.90 Å². The predicted octanol–water partition coefficient (Wildman–Crippen LogP) is 1.47. The fraction of sp³-hybridized carbons (Fsp3) is 0.562. The van der Waals surface area contributed by atoms with Gasteiger partial charge in [-0.1, -0.05) is 44.2 Å². The summed E-state index contributed by atoms with van der Waals surface area (Å²) in [6.07, 6.45) is 2.03. The van der Waals surface area contributed by atoms with Gasteiger partial charge >= 0.3 is 0 Å². The van der Waals surface area contributed by atoms with E-state index in [1.54, 1.807) is 0 Å². The molecule has 0 unspecified atom stereocenters. The van der Waals surface area contributed by atoms with Crippen molar-refractivity contribution >= 4 is 5.91 Å². The van der Waals surface area contributed by atoms with Crippen LogP contribution in [0.5, 0.6) is 0 Å². The number of nitrogens with one attached hydrogen (secondary N) is 1. The number of hydrogen-bond acceptors (Lipinski definition) is 3. The zero-order valence-corrected chi connectivity index (χ0v) is 12.4. The van der Waals surface area contributed by atoms with E-state index in [-0.39, 0.29) is 18.6 Å². The Kier molecular flexibility index (Phi) is 6.68. The van der Waals surface area contributed by atoms with Crippen LogP contribution in [0.15, 0.2) is 30.3 Å². The molecule has 0 radical (unpaired) electrons. The number of benzene rings is 1. The SMILES string of the molecule is CCC(CC)(CN)C(=O)N[C@H](CO)Cc1ccccc1. The molecule has 4 N–H and O–H groups in total. The lowest BCUT2D eigenvalue weighted by molar-refractivity contribution is -0.132. The van der Waals surface area contributed by atoms with Crippen LogP contribution in [0.25, 0.3) is 0 Å². The molecular formula is C16H26N2O2. The molecule has 0 spiro atoms. The van der Waals surface area contributed by atoms with Crippen molar-refractivity contribution in [3.8, 4) is 0 Å². The van der Waals surface area contributed by atoms with Gasteiger partial charge in [0.05, 0.1) is 18.1 Å². The predicted molar refractivity (Wildman–Crippen MR) is 81.2 cm³/mol. The first-order valence-electron chi connectivity index (χ1n) is 7.27. The summed E-state index contributed by atoms with van der Waals surface area (Å²) in [5.74, 6) is -0.0556. The summed E-state index contributed by atoms with van der Waals surface area (Å²) >= 11 is 0. The zero-order valence-electron chi connectivity index (χ0n) is 12.4. The molecule has 0 bridgehead atoms. The minimum atomic E-state index is -0.524. The molecule has 1 aromatic rings. The average molecular weight is 278 g/mol. The van der Waals surface area contributed by atoms with Crippen LogP contribution in [0, 0.1) is 5.41 Å². The van der Waals surface area contributed by atoms with Crippen LogP contribution in [0.1, 0.15) is 32.3 Å². The van der Waals surface area contributed by atoms with E-state index in [0.29, 0.717) is 25.8 Å². The minimum absolute atomic E-state index is 0.0556. The van der Waals surface area contributed by atoms with E-state index in [9.17, 15) is 9.90 Å². The van der Waals surface area contributed by atoms with Crippen molar-refractivity contribution in [1.82, 2.24) is 5.32 Å². The fourth-order valence-electron chi connectivity index (χ4n) is 2.35. The van der Waals surface area contributed by atoms with Crippen LogP contribution in [-0.2, 0) is 11.2 Å². The molecule has 0 aromatic heterocycles. The summed E-state index contributed by atoms with van der Waals surface area (Å²) in [6, 6.07) is 9.56. The Balaban J connectivity index is 2.70. The van der Waals surface area contributed by atoms with E-state index in [4.69, 9.17) is 5.73 Å². The number of carbonyl (C=O) groups excluding carboxylic acids is 1. The number of aliphatic hydroxyl groups is 1. The fourth-order valence-corrected chi connectivity index (χ4v) is 2.35. The highest BCUT2D eigenvalue weighted by atomic mass is 16.3. The second-order valence-corrected chi connectivity index (χ2v) is 5.23. The van der Waals surface area contributed by atoms with Crippen LogP contribution in [-0.4, -0.2) is 30.2 Å². The number of amides is 1. The van der Waals surface area contributed by atoms with Crippen molar-refractivity contribution in [1.29, 1.82) is 0 Å². The maximum absolute atomic E-state index is 12.4. The molecule has 0 aliphatic heterocycles. The van der Waals surface area contributed by atoms with E-state index in [1.807, 2.05) is 44.2 Å². The van der Waals surface area contributed by atoms with Gasteiger partial charge in [-0.05, 0) is 24.8 Å². The highest BCUT2D eigenvalue weighted by Gasteiger charge is 2.34. The number of rotatable bonds is 8. The molecule has 0 heterocycles. The molecule has 0 fully saturated rings. The van der Waals surface area contributed by atoms with Crippen molar-refractivity contribution in [3.05, 3.63) is 35.9 Å². The molecule has 20 heavy (non-hydrogen) atoms. The third-order valence-electron chi connectivity index (χ3n) is 4.11. The van der Waals surface area contributed by atoms with E-state index in [0.717, 1.165) is 5.56 Å². The number of nitrogens with two attached hydrogens (primary N) is 1. The topological polar surface area (TPSA) is 75.4 Å². The highest BCUT2D eigenvalue weighted by Crippen LogP contribution is 2.25. The van der Waals surface area contributed by atoms with Crippen molar-refractivity contribution in [3.63, 3.8) is 0 Å². The second kappa shape index (κ2) is 8.02. The van der Waals surface area contributed by atoms with Gasteiger partial charge in [-0.15, -0.1) is 0 Å². The molecule has 0 saturated heterocycles. The summed E-state index contributed by atoms with van der Waals surface area (Å²) in [5, 5.41) is 12.4. The molecular weight excluding hydrogens is 252 g/mol. The van der Waals surface area contributed by atoms with Crippen LogP contribution in [0.2, 0.25) is 0 Å². The van der Waals surface area contributed by atoms with Gasteiger partial charge in [0, 0.05) is 6.54 Å². The number of hydrogen-bond donors (Lipinski definition) is 3. The monoisotopic (exact) mass is 278 g/mol. The lowest BCUT2D eigenvalue weighted by atomic mass is 9.81. The zero-order chi connectivity index (χ0) is 15.0. The summed E-state index contributed by atoms with van der Waals surface area (Å²) in [5.41, 5.74) is 6.35. The normalized spacial score (nSPS) is 13.0. The molecule has 0 saturated carbocycles. The Labute approximate surface area is 121 Å². The van der Waals surface area contributed by atoms with E-state index in [1.165, 1.54) is 0 Å². The Bertz CT molecular complexity index is 394. The van der Waals surface area contributed by atoms with Crippen molar-refractivity contribution in [2.24, 2.45) is 11.1 Å². The van der Waals surface area contributed by atoms with Gasteiger partial charge in [0.1, 0.15) is 0 Å². The van der Waals surface area contributed by atoms with Crippen LogP contribution >= 0.6 is 0 Å². The third-order valence-corrected chi connectivity index (χ3v) is 4.11. The van der Waals surface area contributed by atoms with Crippen molar-refractivity contribution in [2.45, 2.75) is 39.2 Å². The van der Waals surface area contributed by atoms with E-state index in [2.05, 4.69) is 5.32 Å². The van der Waals surface area contributed by atoms with Crippen LogP contribution in [0.3, 0.4) is 0 Å². The van der Waals surface area contributed by atoms with Gasteiger partial charge in [-0.3, -0.25) is 4.79 Å². The Morgan fingerprint density at radius 1 is 1.30 bits per heavy atom. The van der Waals surface area contributed by atoms with Crippen molar-refractivity contribution in [2.75, 3.05) is 13.2 Å².